The van der Waals surface area contributed by atoms with Gasteiger partial charge in [-0.25, -0.2) is 9.07 Å². The highest BCUT2D eigenvalue weighted by Gasteiger charge is 2.32. The number of aryl methyl sites for hydroxylation is 2. The van der Waals surface area contributed by atoms with Gasteiger partial charge in [0.2, 0.25) is 0 Å². The summed E-state index contributed by atoms with van der Waals surface area (Å²) in [6.07, 6.45) is 0.576. The van der Waals surface area contributed by atoms with E-state index in [1.165, 1.54) is 17.8 Å². The lowest BCUT2D eigenvalue weighted by atomic mass is 9.92. The number of hydrogen-bond donors (Lipinski definition) is 0. The summed E-state index contributed by atoms with van der Waals surface area (Å²) in [4.78, 5) is 27.0. The molecule has 0 bridgehead atoms. The zero-order valence-corrected chi connectivity index (χ0v) is 14.3. The van der Waals surface area contributed by atoms with Crippen LogP contribution in [0.2, 0.25) is 0 Å². The molecule has 0 fully saturated rings. The first-order valence-electron chi connectivity index (χ1n) is 7.95. The Labute approximate surface area is 139 Å². The van der Waals surface area contributed by atoms with Crippen molar-refractivity contribution in [2.45, 2.75) is 33.2 Å². The number of hydrogen-bond acceptors (Lipinski definition) is 3. The van der Waals surface area contributed by atoms with E-state index in [4.69, 9.17) is 0 Å². The van der Waals surface area contributed by atoms with Crippen LogP contribution in [0.15, 0.2) is 23.0 Å². The first-order valence-corrected chi connectivity index (χ1v) is 7.95. The third kappa shape index (κ3) is 2.42. The van der Waals surface area contributed by atoms with Gasteiger partial charge in [0.05, 0.1) is 11.7 Å². The molecular formula is C18H20FN3O2. The molecule has 1 aromatic carbocycles. The second-order valence-electron chi connectivity index (χ2n) is 6.25. The van der Waals surface area contributed by atoms with Crippen molar-refractivity contribution in [2.75, 3.05) is 6.54 Å². The maximum atomic E-state index is 14.2. The number of amides is 1. The number of benzene rings is 1. The van der Waals surface area contributed by atoms with Crippen molar-refractivity contribution in [2.24, 2.45) is 7.05 Å². The summed E-state index contributed by atoms with van der Waals surface area (Å²) in [5, 5.41) is 4.10. The van der Waals surface area contributed by atoms with E-state index in [1.807, 2.05) is 6.07 Å². The summed E-state index contributed by atoms with van der Waals surface area (Å²) in [7, 11) is 1.53. The molecule has 126 valence electrons. The number of rotatable bonds is 1. The Morgan fingerprint density at radius 2 is 2.04 bits per heavy atom. The molecule has 0 N–H and O–H groups in total. The van der Waals surface area contributed by atoms with Gasteiger partial charge >= 0.3 is 0 Å². The van der Waals surface area contributed by atoms with Crippen LogP contribution in [0, 0.1) is 19.7 Å². The van der Waals surface area contributed by atoms with Crippen LogP contribution in [0.1, 0.15) is 45.7 Å². The maximum absolute atomic E-state index is 14.2. The fourth-order valence-corrected chi connectivity index (χ4v) is 3.38. The number of aromatic nitrogens is 2. The Morgan fingerprint density at radius 1 is 1.33 bits per heavy atom. The van der Waals surface area contributed by atoms with Crippen LogP contribution in [0.3, 0.4) is 0 Å². The Kier molecular flexibility index (Phi) is 3.99. The summed E-state index contributed by atoms with van der Waals surface area (Å²) in [5.74, 6) is -0.673. The highest BCUT2D eigenvalue weighted by atomic mass is 19.1. The average Bonchev–Trinajstić information content (AvgIpc) is 2.53. The Hall–Kier alpha value is -2.50. The minimum Gasteiger partial charge on any atom is -0.331 e. The normalized spacial score (nSPS) is 16.9. The Bertz CT molecular complexity index is 889. The maximum Gasteiger partial charge on any atom is 0.279 e. The van der Waals surface area contributed by atoms with Crippen molar-refractivity contribution >= 4 is 5.91 Å². The highest BCUT2D eigenvalue weighted by Crippen LogP contribution is 2.32. The average molecular weight is 329 g/mol. The van der Waals surface area contributed by atoms with Gasteiger partial charge in [-0.15, -0.1) is 0 Å². The standard InChI is InChI=1S/C18H20FN3O2/c1-10-11(2)20-21(4)17(23)15(10)18(24)22-9-8-13-6-5-7-14(19)16(13)12(22)3/h5-7,12H,8-9H2,1-4H3. The third-order valence-electron chi connectivity index (χ3n) is 4.85. The largest absolute Gasteiger partial charge is 0.331 e. The van der Waals surface area contributed by atoms with Gasteiger partial charge in [0.1, 0.15) is 11.4 Å². The fourth-order valence-electron chi connectivity index (χ4n) is 3.38. The molecule has 1 unspecified atom stereocenters. The van der Waals surface area contributed by atoms with Crippen molar-refractivity contribution < 1.29 is 9.18 Å². The van der Waals surface area contributed by atoms with Crippen LogP contribution < -0.4 is 5.56 Å². The number of carbonyl (C=O) groups excluding carboxylic acids is 1. The van der Waals surface area contributed by atoms with E-state index < -0.39 is 11.6 Å². The molecule has 0 saturated carbocycles. The van der Waals surface area contributed by atoms with Crippen LogP contribution >= 0.6 is 0 Å². The summed E-state index contributed by atoms with van der Waals surface area (Å²) in [6.45, 7) is 5.74. The number of nitrogens with zero attached hydrogens (tertiary/aromatic N) is 3. The van der Waals surface area contributed by atoms with Crippen LogP contribution in [-0.4, -0.2) is 27.1 Å². The quantitative estimate of drug-likeness (QED) is 0.807. The Morgan fingerprint density at radius 3 is 2.75 bits per heavy atom. The summed E-state index contributed by atoms with van der Waals surface area (Å²) >= 11 is 0. The van der Waals surface area contributed by atoms with E-state index in [-0.39, 0.29) is 17.3 Å². The first kappa shape index (κ1) is 16.4. The number of carbonyl (C=O) groups is 1. The van der Waals surface area contributed by atoms with Crippen molar-refractivity contribution in [1.82, 2.24) is 14.7 Å². The zero-order chi connectivity index (χ0) is 17.6. The van der Waals surface area contributed by atoms with Gasteiger partial charge in [0.25, 0.3) is 11.5 Å². The van der Waals surface area contributed by atoms with E-state index in [1.54, 1.807) is 31.7 Å². The molecule has 2 aromatic rings. The van der Waals surface area contributed by atoms with E-state index in [0.29, 0.717) is 29.8 Å². The predicted molar refractivity (Wildman–Crippen MR) is 88.5 cm³/mol. The molecule has 5 nitrogen and oxygen atoms in total. The van der Waals surface area contributed by atoms with Gasteiger partial charge in [-0.05, 0) is 44.4 Å². The molecule has 1 aliphatic rings. The zero-order valence-electron chi connectivity index (χ0n) is 14.3. The second-order valence-corrected chi connectivity index (χ2v) is 6.25. The molecule has 1 aliphatic heterocycles. The van der Waals surface area contributed by atoms with Crippen molar-refractivity contribution in [3.05, 3.63) is 62.3 Å². The fraction of sp³-hybridized carbons (Fsp3) is 0.389. The molecule has 3 rings (SSSR count). The van der Waals surface area contributed by atoms with Crippen LogP contribution in [0.4, 0.5) is 4.39 Å². The van der Waals surface area contributed by atoms with Gasteiger partial charge < -0.3 is 4.90 Å². The molecule has 1 aromatic heterocycles. The van der Waals surface area contributed by atoms with Gasteiger partial charge in [-0.2, -0.15) is 5.10 Å². The Balaban J connectivity index is 2.07. The van der Waals surface area contributed by atoms with Gasteiger partial charge in [0.15, 0.2) is 0 Å². The van der Waals surface area contributed by atoms with Crippen molar-refractivity contribution in [3.63, 3.8) is 0 Å². The summed E-state index contributed by atoms with van der Waals surface area (Å²) in [6, 6.07) is 4.56. The van der Waals surface area contributed by atoms with E-state index >= 15 is 0 Å². The smallest absolute Gasteiger partial charge is 0.279 e. The van der Waals surface area contributed by atoms with Gasteiger partial charge in [-0.3, -0.25) is 9.59 Å². The molecule has 0 saturated heterocycles. The number of halogens is 1. The lowest BCUT2D eigenvalue weighted by Crippen LogP contribution is -2.43. The minimum atomic E-state index is -0.422. The molecule has 6 heteroatoms. The topological polar surface area (TPSA) is 55.2 Å². The minimum absolute atomic E-state index is 0.122. The summed E-state index contributed by atoms with van der Waals surface area (Å²) < 4.78 is 15.4. The molecule has 0 spiro atoms. The lowest BCUT2D eigenvalue weighted by Gasteiger charge is -2.35. The third-order valence-corrected chi connectivity index (χ3v) is 4.85. The van der Waals surface area contributed by atoms with Gasteiger partial charge in [0, 0.05) is 19.2 Å². The molecule has 1 amide bonds. The van der Waals surface area contributed by atoms with E-state index in [9.17, 15) is 14.0 Å². The monoisotopic (exact) mass is 329 g/mol. The predicted octanol–water partition coefficient (Wildman–Crippen LogP) is 2.30. The van der Waals surface area contributed by atoms with Crippen molar-refractivity contribution in [3.8, 4) is 0 Å². The number of fused-ring (bicyclic) bond motifs is 1. The van der Waals surface area contributed by atoms with Crippen molar-refractivity contribution in [1.29, 1.82) is 0 Å². The van der Waals surface area contributed by atoms with Crippen LogP contribution in [0.25, 0.3) is 0 Å². The van der Waals surface area contributed by atoms with E-state index in [2.05, 4.69) is 5.10 Å². The molecule has 0 aliphatic carbocycles. The first-order chi connectivity index (χ1) is 11.3. The molecule has 0 radical (unpaired) electrons. The molecule has 2 heterocycles. The van der Waals surface area contributed by atoms with Gasteiger partial charge in [-0.1, -0.05) is 12.1 Å². The summed E-state index contributed by atoms with van der Waals surface area (Å²) in [5.41, 5.74) is 2.37. The lowest BCUT2D eigenvalue weighted by molar-refractivity contribution is 0.0670. The second kappa shape index (κ2) is 5.85. The van der Waals surface area contributed by atoms with E-state index in [0.717, 1.165) is 5.56 Å². The SMILES string of the molecule is Cc1nn(C)c(=O)c(C(=O)N2CCc3cccc(F)c3C2C)c1C. The molecular weight excluding hydrogens is 309 g/mol. The molecule has 1 atom stereocenters. The molecule has 24 heavy (non-hydrogen) atoms. The van der Waals surface area contributed by atoms with Crippen LogP contribution in [-0.2, 0) is 13.5 Å². The highest BCUT2D eigenvalue weighted by molar-refractivity contribution is 5.95. The van der Waals surface area contributed by atoms with Crippen LogP contribution in [0.5, 0.6) is 0 Å².